The number of rotatable bonds is 6. The van der Waals surface area contributed by atoms with E-state index in [1.807, 2.05) is 26.1 Å². The Morgan fingerprint density at radius 1 is 1.12 bits per heavy atom. The molecule has 1 aliphatic heterocycles. The number of nitrogens with zero attached hydrogens (tertiary/aromatic N) is 5. The number of pyridine rings is 2. The van der Waals surface area contributed by atoms with Gasteiger partial charge in [0.15, 0.2) is 0 Å². The monoisotopic (exact) mass is 436 g/mol. The van der Waals surface area contributed by atoms with Crippen LogP contribution in [-0.2, 0) is 6.54 Å². The fourth-order valence-electron chi connectivity index (χ4n) is 4.35. The molecule has 3 aromatic rings. The summed E-state index contributed by atoms with van der Waals surface area (Å²) in [5.74, 6) is -0.180. The Hall–Kier alpha value is -3.00. The molecule has 1 saturated heterocycles. The van der Waals surface area contributed by atoms with Crippen LogP contribution >= 0.6 is 0 Å². The highest BCUT2D eigenvalue weighted by atomic mass is 16.2. The number of aromatic nitrogens is 3. The Balaban J connectivity index is 1.89. The summed E-state index contributed by atoms with van der Waals surface area (Å²) >= 11 is 0. The Morgan fingerprint density at radius 2 is 1.88 bits per heavy atom. The summed E-state index contributed by atoms with van der Waals surface area (Å²) in [6, 6.07) is 5.34. The molecule has 0 aromatic carbocycles. The lowest BCUT2D eigenvalue weighted by atomic mass is 10.1. The summed E-state index contributed by atoms with van der Waals surface area (Å²) in [5, 5.41) is 9.27. The van der Waals surface area contributed by atoms with E-state index < -0.39 is 0 Å². The van der Waals surface area contributed by atoms with E-state index in [1.165, 1.54) is 4.40 Å². The molecule has 0 spiro atoms. The minimum atomic E-state index is -0.205. The van der Waals surface area contributed by atoms with E-state index in [1.54, 1.807) is 21.7 Å². The van der Waals surface area contributed by atoms with Crippen molar-refractivity contribution in [1.82, 2.24) is 23.8 Å². The molecule has 1 fully saturated rings. The Labute approximate surface area is 187 Å². The van der Waals surface area contributed by atoms with Crippen LogP contribution in [0.5, 0.6) is 0 Å². The molecule has 8 nitrogen and oxygen atoms in total. The third-order valence-electron chi connectivity index (χ3n) is 6.39. The van der Waals surface area contributed by atoms with E-state index in [0.717, 1.165) is 44.3 Å². The maximum atomic E-state index is 13.4. The molecule has 0 aliphatic carbocycles. The number of amides is 1. The van der Waals surface area contributed by atoms with Gasteiger partial charge in [-0.1, -0.05) is 32.3 Å². The van der Waals surface area contributed by atoms with Gasteiger partial charge in [-0.2, -0.15) is 0 Å². The number of unbranched alkanes of at least 4 members (excludes halogenated alkanes) is 3. The maximum Gasteiger partial charge on any atom is 0.267 e. The van der Waals surface area contributed by atoms with Crippen LogP contribution in [0, 0.1) is 12.3 Å². The number of carbonyl (C=O) groups is 1. The molecule has 4 heterocycles. The fourth-order valence-corrected chi connectivity index (χ4v) is 4.35. The number of carbonyl (C=O) groups excluding carboxylic acids is 1. The van der Waals surface area contributed by atoms with Crippen molar-refractivity contribution in [1.29, 1.82) is 5.41 Å². The fraction of sp³-hybridized carbons (Fsp3) is 0.500. The van der Waals surface area contributed by atoms with Crippen LogP contribution in [0.2, 0.25) is 0 Å². The van der Waals surface area contributed by atoms with Gasteiger partial charge in [0.05, 0.1) is 10.9 Å². The van der Waals surface area contributed by atoms with Gasteiger partial charge in [-0.15, -0.1) is 0 Å². The number of hydrogen-bond donors (Lipinski definition) is 1. The average Bonchev–Trinajstić information content (AvgIpc) is 2.79. The first kappa shape index (κ1) is 22.2. The SMILES string of the molecule is CCCCCCn1c(=N)c(C(=O)N2CCN(C)CC2)cc2c(=O)n3cccc(C)c3nc21. The number of fused-ring (bicyclic) bond motifs is 2. The third-order valence-corrected chi connectivity index (χ3v) is 6.39. The van der Waals surface area contributed by atoms with Crippen molar-refractivity contribution in [2.24, 2.45) is 0 Å². The largest absolute Gasteiger partial charge is 0.336 e. The quantitative estimate of drug-likeness (QED) is 0.475. The molecule has 1 amide bonds. The number of piperazine rings is 1. The van der Waals surface area contributed by atoms with Gasteiger partial charge in [0.2, 0.25) is 0 Å². The minimum absolute atomic E-state index is 0.141. The van der Waals surface area contributed by atoms with E-state index in [4.69, 9.17) is 10.4 Å². The van der Waals surface area contributed by atoms with Gasteiger partial charge < -0.3 is 14.4 Å². The van der Waals surface area contributed by atoms with Crippen LogP contribution in [0.15, 0.2) is 29.2 Å². The summed E-state index contributed by atoms with van der Waals surface area (Å²) in [4.78, 5) is 35.5. The zero-order chi connectivity index (χ0) is 22.8. The molecule has 0 radical (unpaired) electrons. The lowest BCUT2D eigenvalue weighted by molar-refractivity contribution is 0.0661. The van der Waals surface area contributed by atoms with Crippen LogP contribution in [0.1, 0.15) is 48.5 Å². The molecule has 0 unspecified atom stereocenters. The molecule has 4 rings (SSSR count). The third kappa shape index (κ3) is 4.07. The van der Waals surface area contributed by atoms with E-state index in [0.29, 0.717) is 36.3 Å². The summed E-state index contributed by atoms with van der Waals surface area (Å²) in [5.41, 5.74) is 2.19. The van der Waals surface area contributed by atoms with Crippen molar-refractivity contribution in [3.05, 3.63) is 51.4 Å². The number of nitrogens with one attached hydrogen (secondary N) is 1. The topological polar surface area (TPSA) is 86.7 Å². The van der Waals surface area contributed by atoms with Crippen LogP contribution in [0.4, 0.5) is 0 Å². The molecular formula is C24H32N6O2. The van der Waals surface area contributed by atoms with Crippen molar-refractivity contribution in [2.75, 3.05) is 33.2 Å². The molecular weight excluding hydrogens is 404 g/mol. The maximum absolute atomic E-state index is 13.4. The number of aryl methyl sites for hydroxylation is 2. The Kier molecular flexibility index (Phi) is 6.41. The van der Waals surface area contributed by atoms with Crippen LogP contribution in [0.3, 0.4) is 0 Å². The lowest BCUT2D eigenvalue weighted by Gasteiger charge is -2.32. The van der Waals surface area contributed by atoms with E-state index in [9.17, 15) is 9.59 Å². The van der Waals surface area contributed by atoms with Crippen LogP contribution < -0.4 is 11.0 Å². The molecule has 170 valence electrons. The molecule has 0 bridgehead atoms. The predicted octanol–water partition coefficient (Wildman–Crippen LogP) is 2.40. The first-order valence-electron chi connectivity index (χ1n) is 11.5. The second-order valence-corrected chi connectivity index (χ2v) is 8.75. The second kappa shape index (κ2) is 9.24. The van der Waals surface area contributed by atoms with Crippen LogP contribution in [-0.4, -0.2) is 62.9 Å². The van der Waals surface area contributed by atoms with Gasteiger partial charge in [-0.3, -0.25) is 19.4 Å². The first-order valence-corrected chi connectivity index (χ1v) is 11.5. The highest BCUT2D eigenvalue weighted by Crippen LogP contribution is 2.15. The van der Waals surface area contributed by atoms with Gasteiger partial charge in [0, 0.05) is 38.9 Å². The molecule has 1 N–H and O–H groups in total. The summed E-state index contributed by atoms with van der Waals surface area (Å²) in [7, 11) is 2.04. The van der Waals surface area contributed by atoms with Gasteiger partial charge in [0.25, 0.3) is 11.5 Å². The van der Waals surface area contributed by atoms with E-state index >= 15 is 0 Å². The van der Waals surface area contributed by atoms with Gasteiger partial charge in [-0.05, 0) is 38.1 Å². The Morgan fingerprint density at radius 3 is 2.59 bits per heavy atom. The van der Waals surface area contributed by atoms with Crippen molar-refractivity contribution >= 4 is 22.6 Å². The predicted molar refractivity (Wildman–Crippen MR) is 125 cm³/mol. The number of hydrogen-bond acceptors (Lipinski definition) is 5. The lowest BCUT2D eigenvalue weighted by Crippen LogP contribution is -2.48. The molecule has 1 aliphatic rings. The van der Waals surface area contributed by atoms with Gasteiger partial charge in [0.1, 0.15) is 16.8 Å². The van der Waals surface area contributed by atoms with Gasteiger partial charge in [-0.25, -0.2) is 4.98 Å². The number of likely N-dealkylation sites (N-methyl/N-ethyl adjacent to an activating group) is 1. The zero-order valence-corrected chi connectivity index (χ0v) is 19.2. The zero-order valence-electron chi connectivity index (χ0n) is 19.2. The summed E-state index contributed by atoms with van der Waals surface area (Å²) in [6.45, 7) is 7.50. The molecule has 8 heteroatoms. The van der Waals surface area contributed by atoms with Gasteiger partial charge >= 0.3 is 0 Å². The Bertz CT molecular complexity index is 1270. The van der Waals surface area contributed by atoms with Crippen LogP contribution in [0.25, 0.3) is 16.7 Å². The van der Waals surface area contributed by atoms with Crippen molar-refractivity contribution in [3.63, 3.8) is 0 Å². The molecule has 0 atom stereocenters. The standard InChI is InChI=1S/C24H32N6O2/c1-4-5-6-7-10-29-20(25)18(23(31)28-14-12-27(3)13-15-28)16-19-22(29)26-21-17(2)9-8-11-30(21)24(19)32/h8-9,11,16,25H,4-7,10,12-15H2,1-3H3. The molecule has 0 saturated carbocycles. The smallest absolute Gasteiger partial charge is 0.267 e. The molecule has 3 aromatic heterocycles. The highest BCUT2D eigenvalue weighted by Gasteiger charge is 2.24. The van der Waals surface area contributed by atoms with Crippen molar-refractivity contribution in [2.45, 2.75) is 46.1 Å². The summed E-state index contributed by atoms with van der Waals surface area (Å²) < 4.78 is 3.30. The van der Waals surface area contributed by atoms with E-state index in [2.05, 4.69) is 11.8 Å². The van der Waals surface area contributed by atoms with Crippen molar-refractivity contribution in [3.8, 4) is 0 Å². The summed E-state index contributed by atoms with van der Waals surface area (Å²) in [6.07, 6.45) is 5.85. The second-order valence-electron chi connectivity index (χ2n) is 8.75. The van der Waals surface area contributed by atoms with E-state index in [-0.39, 0.29) is 22.5 Å². The minimum Gasteiger partial charge on any atom is -0.336 e. The normalized spacial score (nSPS) is 15.0. The highest BCUT2D eigenvalue weighted by molar-refractivity contribution is 5.97. The van der Waals surface area contributed by atoms with Crippen molar-refractivity contribution < 1.29 is 4.79 Å². The molecule has 32 heavy (non-hydrogen) atoms. The first-order chi connectivity index (χ1) is 15.4. The average molecular weight is 437 g/mol.